The van der Waals surface area contributed by atoms with Crippen molar-refractivity contribution in [1.82, 2.24) is 0 Å². The van der Waals surface area contributed by atoms with Crippen LogP contribution in [0.2, 0.25) is 0 Å². The molecule has 2 heteroatoms. The highest BCUT2D eigenvalue weighted by atomic mass is 16.5. The highest BCUT2D eigenvalue weighted by Crippen LogP contribution is 2.54. The van der Waals surface area contributed by atoms with Crippen LogP contribution in [0.5, 0.6) is 5.75 Å². The lowest BCUT2D eigenvalue weighted by atomic mass is 9.55. The molecular formula is C17H23NO. The van der Waals surface area contributed by atoms with Gasteiger partial charge in [-0.15, -0.1) is 0 Å². The summed E-state index contributed by atoms with van der Waals surface area (Å²) >= 11 is 0. The van der Waals surface area contributed by atoms with Crippen LogP contribution >= 0.6 is 0 Å². The van der Waals surface area contributed by atoms with Crippen molar-refractivity contribution >= 4 is 0 Å². The van der Waals surface area contributed by atoms with E-state index < -0.39 is 0 Å². The van der Waals surface area contributed by atoms with Gasteiger partial charge in [-0.3, -0.25) is 0 Å². The van der Waals surface area contributed by atoms with Gasteiger partial charge in [-0.05, 0) is 73.5 Å². The fourth-order valence-electron chi connectivity index (χ4n) is 4.97. The van der Waals surface area contributed by atoms with Gasteiger partial charge in [0.15, 0.2) is 0 Å². The predicted molar refractivity (Wildman–Crippen MR) is 75.8 cm³/mol. The number of hydrogen-bond donors (Lipinski definition) is 1. The van der Waals surface area contributed by atoms with E-state index in [9.17, 15) is 0 Å². The first kappa shape index (κ1) is 11.8. The molecule has 0 radical (unpaired) electrons. The van der Waals surface area contributed by atoms with Gasteiger partial charge in [-0.2, -0.15) is 0 Å². The molecule has 1 aromatic rings. The molecule has 0 heterocycles. The monoisotopic (exact) mass is 257 g/mol. The minimum Gasteiger partial charge on any atom is -0.490 e. The number of hydrogen-bond acceptors (Lipinski definition) is 2. The second kappa shape index (κ2) is 4.52. The molecule has 0 saturated heterocycles. The molecule has 102 valence electrons. The summed E-state index contributed by atoms with van der Waals surface area (Å²) in [6, 6.07) is 8.34. The first-order valence-corrected chi connectivity index (χ1v) is 7.77. The first-order chi connectivity index (χ1) is 9.31. The zero-order chi connectivity index (χ0) is 12.8. The molecule has 0 spiro atoms. The third-order valence-corrected chi connectivity index (χ3v) is 5.55. The molecule has 0 aliphatic heterocycles. The molecule has 0 aromatic heterocycles. The molecule has 0 unspecified atom stereocenters. The van der Waals surface area contributed by atoms with Gasteiger partial charge in [0.05, 0.1) is 0 Å². The second-order valence-electron chi connectivity index (χ2n) is 6.86. The van der Waals surface area contributed by atoms with Crippen LogP contribution in [-0.2, 0) is 6.54 Å². The number of nitrogens with two attached hydrogens (primary N) is 1. The molecule has 4 bridgehead atoms. The third-order valence-electron chi connectivity index (χ3n) is 5.55. The minimum atomic E-state index is 0.473. The van der Waals surface area contributed by atoms with Crippen molar-refractivity contribution in [2.24, 2.45) is 29.4 Å². The van der Waals surface area contributed by atoms with Crippen molar-refractivity contribution in [3.05, 3.63) is 29.8 Å². The summed E-state index contributed by atoms with van der Waals surface area (Å²) in [6.45, 7) is 0.596. The van der Waals surface area contributed by atoms with E-state index in [4.69, 9.17) is 10.5 Å². The van der Waals surface area contributed by atoms with Crippen molar-refractivity contribution in [3.63, 3.8) is 0 Å². The summed E-state index contributed by atoms with van der Waals surface area (Å²) < 4.78 is 6.38. The minimum absolute atomic E-state index is 0.473. The summed E-state index contributed by atoms with van der Waals surface area (Å²) in [5.74, 6) is 4.69. The van der Waals surface area contributed by atoms with Gasteiger partial charge in [-0.25, -0.2) is 0 Å². The Morgan fingerprint density at radius 3 is 2.32 bits per heavy atom. The zero-order valence-electron chi connectivity index (χ0n) is 11.4. The van der Waals surface area contributed by atoms with E-state index >= 15 is 0 Å². The average molecular weight is 257 g/mol. The standard InChI is InChI=1S/C17H23NO/c18-10-11-2-1-3-16(9-11)19-17-14-5-12-4-13(7-14)8-15(17)6-12/h1-3,9,12-15,17H,4-8,10,18H2. The van der Waals surface area contributed by atoms with E-state index in [2.05, 4.69) is 24.3 Å². The Bertz CT molecular complexity index is 442. The predicted octanol–water partition coefficient (Wildman–Crippen LogP) is 3.35. The van der Waals surface area contributed by atoms with Crippen LogP contribution in [-0.4, -0.2) is 6.10 Å². The van der Waals surface area contributed by atoms with E-state index in [0.29, 0.717) is 12.6 Å². The zero-order valence-corrected chi connectivity index (χ0v) is 11.4. The van der Waals surface area contributed by atoms with Gasteiger partial charge >= 0.3 is 0 Å². The van der Waals surface area contributed by atoms with Gasteiger partial charge in [0.2, 0.25) is 0 Å². The summed E-state index contributed by atoms with van der Waals surface area (Å²) in [7, 11) is 0. The fraction of sp³-hybridized carbons (Fsp3) is 0.647. The van der Waals surface area contributed by atoms with Crippen molar-refractivity contribution < 1.29 is 4.74 Å². The van der Waals surface area contributed by atoms with E-state index in [1.807, 2.05) is 0 Å². The Morgan fingerprint density at radius 2 is 1.68 bits per heavy atom. The van der Waals surface area contributed by atoms with Crippen molar-refractivity contribution in [1.29, 1.82) is 0 Å². The Morgan fingerprint density at radius 1 is 1.00 bits per heavy atom. The molecule has 19 heavy (non-hydrogen) atoms. The molecule has 4 saturated carbocycles. The molecule has 0 atom stereocenters. The van der Waals surface area contributed by atoms with Crippen molar-refractivity contribution in [2.45, 2.75) is 44.8 Å². The Labute approximate surface area is 115 Å². The quantitative estimate of drug-likeness (QED) is 0.901. The SMILES string of the molecule is NCc1cccc(OC2C3CC4CC(C3)CC2C4)c1. The van der Waals surface area contributed by atoms with Gasteiger partial charge in [-0.1, -0.05) is 12.1 Å². The Balaban J connectivity index is 1.53. The molecule has 2 nitrogen and oxygen atoms in total. The summed E-state index contributed by atoms with van der Waals surface area (Å²) in [5, 5.41) is 0. The lowest BCUT2D eigenvalue weighted by Crippen LogP contribution is -2.50. The van der Waals surface area contributed by atoms with E-state index in [1.54, 1.807) is 0 Å². The summed E-state index contributed by atoms with van der Waals surface area (Å²) in [5.41, 5.74) is 6.88. The maximum absolute atomic E-state index is 6.38. The van der Waals surface area contributed by atoms with Crippen LogP contribution in [0.3, 0.4) is 0 Å². The Hall–Kier alpha value is -1.02. The topological polar surface area (TPSA) is 35.2 Å². The maximum Gasteiger partial charge on any atom is 0.120 e. The van der Waals surface area contributed by atoms with Gasteiger partial charge in [0.1, 0.15) is 11.9 Å². The molecular weight excluding hydrogens is 234 g/mol. The molecule has 4 aliphatic carbocycles. The van der Waals surface area contributed by atoms with Crippen LogP contribution in [0.4, 0.5) is 0 Å². The molecule has 0 amide bonds. The highest BCUT2D eigenvalue weighted by Gasteiger charge is 2.49. The molecule has 1 aromatic carbocycles. The molecule has 4 fully saturated rings. The van der Waals surface area contributed by atoms with Gasteiger partial charge in [0, 0.05) is 6.54 Å². The van der Waals surface area contributed by atoms with Gasteiger partial charge < -0.3 is 10.5 Å². The smallest absolute Gasteiger partial charge is 0.120 e. The molecule has 5 rings (SSSR count). The van der Waals surface area contributed by atoms with E-state index in [0.717, 1.165) is 29.4 Å². The third kappa shape index (κ3) is 2.06. The average Bonchev–Trinajstić information content (AvgIpc) is 2.42. The summed E-state index contributed by atoms with van der Waals surface area (Å²) in [4.78, 5) is 0. The largest absolute Gasteiger partial charge is 0.490 e. The van der Waals surface area contributed by atoms with E-state index in [1.165, 1.54) is 37.7 Å². The van der Waals surface area contributed by atoms with Crippen LogP contribution in [0.1, 0.15) is 37.7 Å². The molecule has 4 aliphatic rings. The van der Waals surface area contributed by atoms with Crippen LogP contribution in [0.15, 0.2) is 24.3 Å². The highest BCUT2D eigenvalue weighted by molar-refractivity contribution is 5.28. The number of rotatable bonds is 3. The van der Waals surface area contributed by atoms with Crippen molar-refractivity contribution in [3.8, 4) is 5.75 Å². The van der Waals surface area contributed by atoms with Crippen LogP contribution in [0, 0.1) is 23.7 Å². The second-order valence-corrected chi connectivity index (χ2v) is 6.86. The number of benzene rings is 1. The lowest BCUT2D eigenvalue weighted by Gasteiger charge is -2.53. The lowest BCUT2D eigenvalue weighted by molar-refractivity contribution is -0.0789. The molecule has 2 N–H and O–H groups in total. The van der Waals surface area contributed by atoms with Crippen LogP contribution < -0.4 is 10.5 Å². The number of ether oxygens (including phenoxy) is 1. The Kier molecular flexibility index (Phi) is 2.80. The first-order valence-electron chi connectivity index (χ1n) is 7.77. The summed E-state index contributed by atoms with van der Waals surface area (Å²) in [6.07, 6.45) is 7.62. The van der Waals surface area contributed by atoms with Gasteiger partial charge in [0.25, 0.3) is 0 Å². The maximum atomic E-state index is 6.38. The van der Waals surface area contributed by atoms with Crippen LogP contribution in [0.25, 0.3) is 0 Å². The van der Waals surface area contributed by atoms with Crippen molar-refractivity contribution in [2.75, 3.05) is 0 Å². The fourth-order valence-corrected chi connectivity index (χ4v) is 4.97. The normalized spacial score (nSPS) is 39.5. The van der Waals surface area contributed by atoms with E-state index in [-0.39, 0.29) is 0 Å².